The lowest BCUT2D eigenvalue weighted by molar-refractivity contribution is 0.266. The van der Waals surface area contributed by atoms with Gasteiger partial charge in [-0.3, -0.25) is 0 Å². The Kier molecular flexibility index (Phi) is 2.95. The SMILES string of the molecule is Cc1csc(CCOC2=NN3NNN=C3C=C2)n1. The molecule has 0 spiro atoms. The van der Waals surface area contributed by atoms with Crippen molar-refractivity contribution in [1.29, 1.82) is 0 Å². The summed E-state index contributed by atoms with van der Waals surface area (Å²) in [6.07, 6.45) is 4.40. The lowest BCUT2D eigenvalue weighted by Gasteiger charge is -2.15. The normalized spacial score (nSPS) is 17.1. The van der Waals surface area contributed by atoms with E-state index in [9.17, 15) is 0 Å². The maximum absolute atomic E-state index is 5.57. The van der Waals surface area contributed by atoms with Crippen LogP contribution in [0.25, 0.3) is 0 Å². The third-order valence-corrected chi connectivity index (χ3v) is 3.38. The number of hydrogen-bond donors (Lipinski definition) is 2. The number of hydrazone groups is 2. The van der Waals surface area contributed by atoms with Gasteiger partial charge in [0.1, 0.15) is 0 Å². The first-order valence-electron chi connectivity index (χ1n) is 5.50. The van der Waals surface area contributed by atoms with E-state index in [4.69, 9.17) is 4.74 Å². The van der Waals surface area contributed by atoms with Crippen molar-refractivity contribution in [3.8, 4) is 0 Å². The predicted octanol–water partition coefficient (Wildman–Crippen LogP) is 0.532. The zero-order valence-corrected chi connectivity index (χ0v) is 10.6. The summed E-state index contributed by atoms with van der Waals surface area (Å²) < 4.78 is 5.57. The standard InChI is InChI=1S/C10H12N6OS/c1-7-6-18-10(11-7)4-5-17-9-3-2-8-12-14-15-16(8)13-9/h2-3,6,14-15H,4-5H2,1H3. The molecule has 2 aliphatic rings. The van der Waals surface area contributed by atoms with Crippen LogP contribution < -0.4 is 11.1 Å². The predicted molar refractivity (Wildman–Crippen MR) is 68.6 cm³/mol. The molecule has 0 atom stereocenters. The highest BCUT2D eigenvalue weighted by molar-refractivity contribution is 7.09. The molecule has 0 bridgehead atoms. The number of rotatable bonds is 3. The zero-order chi connectivity index (χ0) is 12.4. The number of hydrogen-bond acceptors (Lipinski definition) is 8. The van der Waals surface area contributed by atoms with Gasteiger partial charge in [0, 0.05) is 23.6 Å². The molecule has 0 aliphatic carbocycles. The van der Waals surface area contributed by atoms with Crippen LogP contribution >= 0.6 is 11.3 Å². The molecule has 0 radical (unpaired) electrons. The molecule has 3 heterocycles. The molecule has 8 heteroatoms. The van der Waals surface area contributed by atoms with E-state index >= 15 is 0 Å². The Morgan fingerprint density at radius 2 is 2.39 bits per heavy atom. The quantitative estimate of drug-likeness (QED) is 0.833. The van der Waals surface area contributed by atoms with Gasteiger partial charge in [0.2, 0.25) is 5.90 Å². The van der Waals surface area contributed by atoms with Crippen molar-refractivity contribution in [2.24, 2.45) is 10.2 Å². The van der Waals surface area contributed by atoms with Crippen LogP contribution in [0.2, 0.25) is 0 Å². The van der Waals surface area contributed by atoms with Crippen molar-refractivity contribution in [3.05, 3.63) is 28.2 Å². The molecule has 1 aromatic heterocycles. The molecule has 94 valence electrons. The molecule has 7 nitrogen and oxygen atoms in total. The second-order valence-corrected chi connectivity index (χ2v) is 4.70. The second kappa shape index (κ2) is 4.75. The van der Waals surface area contributed by atoms with Crippen molar-refractivity contribution < 1.29 is 4.74 Å². The minimum atomic E-state index is 0.554. The van der Waals surface area contributed by atoms with Crippen molar-refractivity contribution in [2.75, 3.05) is 6.61 Å². The van der Waals surface area contributed by atoms with Crippen molar-refractivity contribution in [2.45, 2.75) is 13.3 Å². The third kappa shape index (κ3) is 2.34. The number of amidine groups is 1. The largest absolute Gasteiger partial charge is 0.476 e. The van der Waals surface area contributed by atoms with Gasteiger partial charge in [-0.15, -0.1) is 27.1 Å². The van der Waals surface area contributed by atoms with E-state index < -0.39 is 0 Å². The number of ether oxygens (including phenoxy) is 1. The molecular formula is C10H12N6OS. The van der Waals surface area contributed by atoms with Crippen LogP contribution in [0.4, 0.5) is 0 Å². The average Bonchev–Trinajstić information content (AvgIpc) is 2.97. The van der Waals surface area contributed by atoms with E-state index in [2.05, 4.69) is 26.3 Å². The lowest BCUT2D eigenvalue weighted by atomic mass is 10.4. The highest BCUT2D eigenvalue weighted by Crippen LogP contribution is 2.10. The summed E-state index contributed by atoms with van der Waals surface area (Å²) in [5, 5.41) is 12.8. The summed E-state index contributed by atoms with van der Waals surface area (Å²) >= 11 is 1.65. The fourth-order valence-corrected chi connectivity index (χ4v) is 2.29. The molecular weight excluding hydrogens is 252 g/mol. The van der Waals surface area contributed by atoms with Crippen molar-refractivity contribution in [1.82, 2.24) is 21.2 Å². The second-order valence-electron chi connectivity index (χ2n) is 3.76. The number of fused-ring (bicyclic) bond motifs is 1. The number of hydrazine groups is 2. The minimum absolute atomic E-state index is 0.554. The number of nitrogens with zero attached hydrogens (tertiary/aromatic N) is 4. The summed E-state index contributed by atoms with van der Waals surface area (Å²) in [4.78, 5) is 4.38. The Morgan fingerprint density at radius 3 is 3.22 bits per heavy atom. The maximum atomic E-state index is 5.57. The molecule has 2 aliphatic heterocycles. The summed E-state index contributed by atoms with van der Waals surface area (Å²) in [6, 6.07) is 0. The van der Waals surface area contributed by atoms with E-state index in [1.165, 1.54) is 5.12 Å². The molecule has 0 saturated carbocycles. The van der Waals surface area contributed by atoms with Gasteiger partial charge in [-0.1, -0.05) is 0 Å². The van der Waals surface area contributed by atoms with Gasteiger partial charge in [-0.05, 0) is 13.0 Å². The number of nitrogens with one attached hydrogen (secondary N) is 2. The van der Waals surface area contributed by atoms with Crippen molar-refractivity contribution >= 4 is 23.1 Å². The van der Waals surface area contributed by atoms with Crippen LogP contribution in [-0.4, -0.2) is 28.4 Å². The summed E-state index contributed by atoms with van der Waals surface area (Å²) in [7, 11) is 0. The van der Waals surface area contributed by atoms with E-state index in [0.717, 1.165) is 17.1 Å². The highest BCUT2D eigenvalue weighted by Gasteiger charge is 2.18. The van der Waals surface area contributed by atoms with Crippen LogP contribution in [0.5, 0.6) is 0 Å². The van der Waals surface area contributed by atoms with Crippen LogP contribution in [0.15, 0.2) is 27.7 Å². The minimum Gasteiger partial charge on any atom is -0.476 e. The van der Waals surface area contributed by atoms with E-state index in [1.807, 2.05) is 18.4 Å². The number of aromatic nitrogens is 1. The maximum Gasteiger partial charge on any atom is 0.233 e. The van der Waals surface area contributed by atoms with Crippen LogP contribution in [0, 0.1) is 6.92 Å². The number of aryl methyl sites for hydroxylation is 1. The Morgan fingerprint density at radius 1 is 1.44 bits per heavy atom. The molecule has 18 heavy (non-hydrogen) atoms. The van der Waals surface area contributed by atoms with Gasteiger partial charge in [0.05, 0.1) is 11.6 Å². The van der Waals surface area contributed by atoms with Crippen molar-refractivity contribution in [3.63, 3.8) is 0 Å². The van der Waals surface area contributed by atoms with Gasteiger partial charge in [-0.2, -0.15) is 5.12 Å². The molecule has 3 rings (SSSR count). The Balaban J connectivity index is 1.52. The molecule has 1 aromatic rings. The van der Waals surface area contributed by atoms with Gasteiger partial charge >= 0.3 is 0 Å². The van der Waals surface area contributed by atoms with Crippen LogP contribution in [0.3, 0.4) is 0 Å². The number of thiazole rings is 1. The lowest BCUT2D eigenvalue weighted by Crippen LogP contribution is -2.38. The molecule has 2 N–H and O–H groups in total. The van der Waals surface area contributed by atoms with Gasteiger partial charge in [0.15, 0.2) is 5.84 Å². The van der Waals surface area contributed by atoms with Crippen LogP contribution in [0.1, 0.15) is 10.7 Å². The fraction of sp³-hybridized carbons (Fsp3) is 0.300. The summed E-state index contributed by atoms with van der Waals surface area (Å²) in [5.74, 6) is 1.26. The zero-order valence-electron chi connectivity index (χ0n) is 9.75. The third-order valence-electron chi connectivity index (χ3n) is 2.35. The van der Waals surface area contributed by atoms with Gasteiger partial charge in [0.25, 0.3) is 0 Å². The first kappa shape index (κ1) is 11.2. The summed E-state index contributed by atoms with van der Waals surface area (Å²) in [6.45, 7) is 2.55. The van der Waals surface area contributed by atoms with E-state index in [1.54, 1.807) is 17.4 Å². The van der Waals surface area contributed by atoms with Gasteiger partial charge in [-0.25, -0.2) is 10.5 Å². The molecule has 0 amide bonds. The average molecular weight is 264 g/mol. The van der Waals surface area contributed by atoms with E-state index in [-0.39, 0.29) is 0 Å². The Hall–Kier alpha value is -1.93. The molecule has 0 aromatic carbocycles. The smallest absolute Gasteiger partial charge is 0.233 e. The highest BCUT2D eigenvalue weighted by atomic mass is 32.1. The van der Waals surface area contributed by atoms with Crippen LogP contribution in [-0.2, 0) is 11.2 Å². The Labute approximate surface area is 108 Å². The van der Waals surface area contributed by atoms with E-state index in [0.29, 0.717) is 18.3 Å². The summed E-state index contributed by atoms with van der Waals surface area (Å²) in [5.41, 5.74) is 6.42. The first-order chi connectivity index (χ1) is 8.81. The topological polar surface area (TPSA) is 74.1 Å². The van der Waals surface area contributed by atoms with Gasteiger partial charge < -0.3 is 4.74 Å². The molecule has 0 fully saturated rings. The first-order valence-corrected chi connectivity index (χ1v) is 6.38. The fourth-order valence-electron chi connectivity index (χ4n) is 1.53. The monoisotopic (exact) mass is 264 g/mol. The molecule has 0 saturated heterocycles. The Bertz CT molecular complexity index is 534. The molecule has 0 unspecified atom stereocenters.